The molecule has 0 bridgehead atoms. The highest BCUT2D eigenvalue weighted by atomic mass is 16.6. The molecule has 7 nitrogen and oxygen atoms in total. The van der Waals surface area contributed by atoms with Gasteiger partial charge in [0.1, 0.15) is 6.61 Å². The SMILES string of the molecule is COCCOC(=O)C1=C(C)NC2=C(C(=O)C[C@H](c3ccccc3)C2)[C@H]1c1ccc(O)c(OC)c1. The molecule has 2 aromatic rings. The van der Waals surface area contributed by atoms with Gasteiger partial charge in [0.2, 0.25) is 0 Å². The van der Waals surface area contributed by atoms with Gasteiger partial charge in [-0.05, 0) is 42.5 Å². The second-order valence-corrected chi connectivity index (χ2v) is 8.49. The van der Waals surface area contributed by atoms with Crippen LogP contribution in [0.25, 0.3) is 0 Å². The minimum Gasteiger partial charge on any atom is -0.504 e. The van der Waals surface area contributed by atoms with E-state index in [4.69, 9.17) is 14.2 Å². The van der Waals surface area contributed by atoms with Gasteiger partial charge >= 0.3 is 5.97 Å². The molecule has 0 unspecified atom stereocenters. The molecule has 2 aliphatic rings. The van der Waals surface area contributed by atoms with E-state index >= 15 is 0 Å². The predicted octanol–water partition coefficient (Wildman–Crippen LogP) is 3.95. The first-order valence-electron chi connectivity index (χ1n) is 11.3. The van der Waals surface area contributed by atoms with Crippen LogP contribution in [0.15, 0.2) is 71.1 Å². The summed E-state index contributed by atoms with van der Waals surface area (Å²) in [6, 6.07) is 14.9. The lowest BCUT2D eigenvalue weighted by Gasteiger charge is -2.36. The van der Waals surface area contributed by atoms with Crippen LogP contribution in [0, 0.1) is 0 Å². The molecule has 2 N–H and O–H groups in total. The van der Waals surface area contributed by atoms with Crippen molar-refractivity contribution in [3.05, 3.63) is 82.2 Å². The highest BCUT2D eigenvalue weighted by molar-refractivity contribution is 6.04. The summed E-state index contributed by atoms with van der Waals surface area (Å²) in [6.07, 6.45) is 1.00. The number of carbonyl (C=O) groups excluding carboxylic acids is 2. The van der Waals surface area contributed by atoms with Crippen LogP contribution in [0.1, 0.15) is 42.7 Å². The van der Waals surface area contributed by atoms with E-state index in [0.717, 1.165) is 11.3 Å². The molecule has 0 aromatic heterocycles. The molecule has 178 valence electrons. The van der Waals surface area contributed by atoms with Gasteiger partial charge in [-0.15, -0.1) is 0 Å². The zero-order chi connectivity index (χ0) is 24.2. The maximum atomic E-state index is 13.6. The van der Waals surface area contributed by atoms with Gasteiger partial charge in [0.05, 0.1) is 19.3 Å². The number of dihydropyridines is 1. The van der Waals surface area contributed by atoms with Crippen molar-refractivity contribution in [1.82, 2.24) is 5.32 Å². The van der Waals surface area contributed by atoms with Crippen molar-refractivity contribution in [3.8, 4) is 11.5 Å². The Morgan fingerprint density at radius 2 is 1.82 bits per heavy atom. The van der Waals surface area contributed by atoms with Crippen molar-refractivity contribution in [1.29, 1.82) is 0 Å². The van der Waals surface area contributed by atoms with Crippen molar-refractivity contribution in [2.45, 2.75) is 31.6 Å². The Balaban J connectivity index is 1.78. The van der Waals surface area contributed by atoms with Gasteiger partial charge in [-0.1, -0.05) is 36.4 Å². The molecular weight excluding hydrogens is 434 g/mol. The predicted molar refractivity (Wildman–Crippen MR) is 127 cm³/mol. The van der Waals surface area contributed by atoms with Crippen molar-refractivity contribution >= 4 is 11.8 Å². The van der Waals surface area contributed by atoms with Crippen LogP contribution in [0.5, 0.6) is 11.5 Å². The number of phenols is 1. The third-order valence-corrected chi connectivity index (χ3v) is 6.38. The first-order chi connectivity index (χ1) is 16.4. The van der Waals surface area contributed by atoms with Gasteiger partial charge < -0.3 is 24.6 Å². The van der Waals surface area contributed by atoms with E-state index in [1.807, 2.05) is 37.3 Å². The molecule has 0 radical (unpaired) electrons. The second-order valence-electron chi connectivity index (χ2n) is 8.49. The van der Waals surface area contributed by atoms with Crippen molar-refractivity contribution in [2.75, 3.05) is 27.4 Å². The number of carbonyl (C=O) groups is 2. The van der Waals surface area contributed by atoms with Gasteiger partial charge in [-0.2, -0.15) is 0 Å². The Morgan fingerprint density at radius 3 is 2.53 bits per heavy atom. The van der Waals surface area contributed by atoms with Crippen LogP contribution in [-0.4, -0.2) is 44.3 Å². The number of rotatable bonds is 7. The largest absolute Gasteiger partial charge is 0.504 e. The Hall–Kier alpha value is -3.58. The summed E-state index contributed by atoms with van der Waals surface area (Å²) in [5.41, 5.74) is 4.16. The Morgan fingerprint density at radius 1 is 1.06 bits per heavy atom. The normalized spacial score (nSPS) is 20.0. The molecule has 4 rings (SSSR count). The highest BCUT2D eigenvalue weighted by Crippen LogP contribution is 2.46. The summed E-state index contributed by atoms with van der Waals surface area (Å²) in [7, 11) is 3.00. The minimum absolute atomic E-state index is 0.0153. The van der Waals surface area contributed by atoms with Crippen LogP contribution in [0.2, 0.25) is 0 Å². The zero-order valence-electron chi connectivity index (χ0n) is 19.6. The van der Waals surface area contributed by atoms with Crippen LogP contribution in [-0.2, 0) is 19.1 Å². The van der Waals surface area contributed by atoms with Gasteiger partial charge in [0.25, 0.3) is 0 Å². The molecule has 7 heteroatoms. The number of methoxy groups -OCH3 is 2. The van der Waals surface area contributed by atoms with E-state index < -0.39 is 11.9 Å². The summed E-state index contributed by atoms with van der Waals surface area (Å²) >= 11 is 0. The van der Waals surface area contributed by atoms with Gasteiger partial charge in [0.15, 0.2) is 17.3 Å². The molecule has 1 aliphatic carbocycles. The average Bonchev–Trinajstić information content (AvgIpc) is 2.84. The topological polar surface area (TPSA) is 94.1 Å². The molecular formula is C27H29NO6. The Kier molecular flexibility index (Phi) is 7.03. The summed E-state index contributed by atoms with van der Waals surface area (Å²) in [5, 5.41) is 13.5. The van der Waals surface area contributed by atoms with E-state index in [-0.39, 0.29) is 36.4 Å². The molecule has 0 saturated heterocycles. The quantitative estimate of drug-likeness (QED) is 0.474. The second kappa shape index (κ2) is 10.1. The third kappa shape index (κ3) is 4.56. The molecule has 0 fully saturated rings. The van der Waals surface area contributed by atoms with E-state index in [2.05, 4.69) is 5.32 Å². The van der Waals surface area contributed by atoms with Crippen molar-refractivity contribution in [2.24, 2.45) is 0 Å². The number of hydrogen-bond donors (Lipinski definition) is 2. The van der Waals surface area contributed by atoms with Crippen LogP contribution < -0.4 is 10.1 Å². The monoisotopic (exact) mass is 463 g/mol. The van der Waals surface area contributed by atoms with E-state index in [1.54, 1.807) is 12.1 Å². The lowest BCUT2D eigenvalue weighted by molar-refractivity contribution is -0.140. The lowest BCUT2D eigenvalue weighted by atomic mass is 9.71. The van der Waals surface area contributed by atoms with Crippen LogP contribution in [0.4, 0.5) is 0 Å². The number of aromatic hydroxyl groups is 1. The number of ether oxygens (including phenoxy) is 3. The van der Waals surface area contributed by atoms with E-state index in [1.165, 1.54) is 20.3 Å². The smallest absolute Gasteiger partial charge is 0.336 e. The van der Waals surface area contributed by atoms with Gasteiger partial charge in [0, 0.05) is 36.4 Å². The molecule has 0 saturated carbocycles. The van der Waals surface area contributed by atoms with E-state index in [9.17, 15) is 14.7 Å². The zero-order valence-corrected chi connectivity index (χ0v) is 19.6. The molecule has 0 spiro atoms. The first kappa shape index (κ1) is 23.6. The van der Waals surface area contributed by atoms with Gasteiger partial charge in [-0.25, -0.2) is 4.79 Å². The summed E-state index contributed by atoms with van der Waals surface area (Å²) in [6.45, 7) is 2.19. The summed E-state index contributed by atoms with van der Waals surface area (Å²) < 4.78 is 15.8. The molecule has 2 aromatic carbocycles. The number of Topliss-reactive ketones (excluding diaryl/α,β-unsaturated/α-hetero) is 1. The lowest BCUT2D eigenvalue weighted by Crippen LogP contribution is -2.36. The van der Waals surface area contributed by atoms with Crippen molar-refractivity contribution in [3.63, 3.8) is 0 Å². The number of esters is 1. The minimum atomic E-state index is -0.634. The number of allylic oxidation sites excluding steroid dienone is 3. The highest BCUT2D eigenvalue weighted by Gasteiger charge is 2.41. The fourth-order valence-corrected chi connectivity index (χ4v) is 4.77. The molecule has 1 heterocycles. The maximum Gasteiger partial charge on any atom is 0.336 e. The van der Waals surface area contributed by atoms with Gasteiger partial charge in [-0.3, -0.25) is 4.79 Å². The number of hydrogen-bond acceptors (Lipinski definition) is 7. The molecule has 0 amide bonds. The first-order valence-corrected chi connectivity index (χ1v) is 11.3. The summed E-state index contributed by atoms with van der Waals surface area (Å²) in [4.78, 5) is 26.7. The van der Waals surface area contributed by atoms with Crippen LogP contribution in [0.3, 0.4) is 0 Å². The number of ketones is 1. The Bertz CT molecular complexity index is 1150. The fraction of sp³-hybridized carbons (Fsp3) is 0.333. The Labute approximate surface area is 199 Å². The van der Waals surface area contributed by atoms with Crippen LogP contribution >= 0.6 is 0 Å². The van der Waals surface area contributed by atoms with E-state index in [0.29, 0.717) is 35.2 Å². The molecule has 34 heavy (non-hydrogen) atoms. The fourth-order valence-electron chi connectivity index (χ4n) is 4.77. The standard InChI is InChI=1S/C27H29NO6/c1-16-24(27(31)34-12-11-32-2)25(18-9-10-21(29)23(15-18)33-3)26-20(28-16)13-19(14-22(26)30)17-7-5-4-6-8-17/h4-10,15,19,25,28-29H,11-14H2,1-3H3/t19-,25+/m1/s1. The maximum absolute atomic E-state index is 13.6. The third-order valence-electron chi connectivity index (χ3n) is 6.38. The number of benzene rings is 2. The van der Waals surface area contributed by atoms with Crippen molar-refractivity contribution < 1.29 is 28.9 Å². The molecule has 1 aliphatic heterocycles. The summed E-state index contributed by atoms with van der Waals surface area (Å²) in [5.74, 6) is -0.854. The number of nitrogens with one attached hydrogen (secondary N) is 1. The number of phenolic OH excluding ortho intramolecular Hbond substituents is 1. The average molecular weight is 464 g/mol. The molecule has 2 atom stereocenters.